The smallest absolute Gasteiger partial charge is 0.394 e. The van der Waals surface area contributed by atoms with Gasteiger partial charge in [-0.15, -0.1) is 0 Å². The summed E-state index contributed by atoms with van der Waals surface area (Å²) in [5.41, 5.74) is -0.899. The molecule has 0 heterocycles. The summed E-state index contributed by atoms with van der Waals surface area (Å²) in [5, 5.41) is 12.4. The van der Waals surface area contributed by atoms with E-state index >= 15 is 0 Å². The largest absolute Gasteiger partial charge is 0.396 e. The van der Waals surface area contributed by atoms with Crippen molar-refractivity contribution in [2.24, 2.45) is 10.8 Å². The quantitative estimate of drug-likeness (QED) is 0.782. The van der Waals surface area contributed by atoms with Crippen molar-refractivity contribution in [1.29, 1.82) is 0 Å². The van der Waals surface area contributed by atoms with Crippen LogP contribution in [0.1, 0.15) is 51.4 Å². The van der Waals surface area contributed by atoms with Gasteiger partial charge in [0.1, 0.15) is 0 Å². The van der Waals surface area contributed by atoms with Crippen LogP contribution in [-0.4, -0.2) is 30.0 Å². The monoisotopic (exact) mass is 277 g/mol. The summed E-state index contributed by atoms with van der Waals surface area (Å²) in [4.78, 5) is 0. The third kappa shape index (κ3) is 2.64. The minimum Gasteiger partial charge on any atom is -0.396 e. The third-order valence-electron chi connectivity index (χ3n) is 5.36. The van der Waals surface area contributed by atoms with Crippen molar-refractivity contribution in [2.45, 2.75) is 69.6 Å². The summed E-state index contributed by atoms with van der Waals surface area (Å²) in [6.07, 6.45) is 1.83. The minimum absolute atomic E-state index is 0.0382. The van der Waals surface area contributed by atoms with Gasteiger partial charge in [0.2, 0.25) is 0 Å². The van der Waals surface area contributed by atoms with Crippen molar-refractivity contribution in [3.63, 3.8) is 0 Å². The number of rotatable bonds is 6. The van der Waals surface area contributed by atoms with Gasteiger partial charge in [-0.05, 0) is 56.8 Å². The van der Waals surface area contributed by atoms with Gasteiger partial charge in [0.15, 0.2) is 0 Å². The Morgan fingerprint density at radius 3 is 2.21 bits per heavy atom. The number of hydrogen-bond acceptors (Lipinski definition) is 2. The van der Waals surface area contributed by atoms with E-state index in [2.05, 4.69) is 5.32 Å². The number of aliphatic hydroxyl groups excluding tert-OH is 1. The molecule has 3 saturated carbocycles. The molecule has 3 rings (SSSR count). The van der Waals surface area contributed by atoms with E-state index in [0.717, 1.165) is 12.8 Å². The summed E-state index contributed by atoms with van der Waals surface area (Å²) < 4.78 is 38.9. The van der Waals surface area contributed by atoms with Crippen molar-refractivity contribution in [3.8, 4) is 0 Å². The number of alkyl halides is 3. The highest BCUT2D eigenvalue weighted by Gasteiger charge is 2.63. The summed E-state index contributed by atoms with van der Waals surface area (Å²) in [7, 11) is 0. The fourth-order valence-corrected chi connectivity index (χ4v) is 3.65. The Morgan fingerprint density at radius 1 is 1.16 bits per heavy atom. The van der Waals surface area contributed by atoms with Crippen molar-refractivity contribution in [2.75, 3.05) is 6.61 Å². The maximum absolute atomic E-state index is 13.0. The molecule has 0 aromatic carbocycles. The van der Waals surface area contributed by atoms with E-state index in [1.54, 1.807) is 0 Å². The van der Waals surface area contributed by atoms with E-state index in [4.69, 9.17) is 5.11 Å². The first-order chi connectivity index (χ1) is 8.88. The molecule has 19 heavy (non-hydrogen) atoms. The lowest BCUT2D eigenvalue weighted by Crippen LogP contribution is -2.49. The van der Waals surface area contributed by atoms with E-state index in [1.165, 1.54) is 12.8 Å². The highest BCUT2D eigenvalue weighted by atomic mass is 19.4. The van der Waals surface area contributed by atoms with Crippen LogP contribution in [-0.2, 0) is 0 Å². The van der Waals surface area contributed by atoms with Crippen LogP contribution in [0.5, 0.6) is 0 Å². The van der Waals surface area contributed by atoms with Crippen molar-refractivity contribution < 1.29 is 18.3 Å². The molecule has 5 heteroatoms. The van der Waals surface area contributed by atoms with E-state index in [0.29, 0.717) is 17.9 Å². The standard InChI is InChI=1S/C14H22F3NO/c15-14(16,17)13(4-5-13)9-10(1-6-19)18-11-7-12(8-11)2-3-12/h10-11,18-19H,1-9H2/t10-/m0/s1. The van der Waals surface area contributed by atoms with Crippen LogP contribution >= 0.6 is 0 Å². The maximum Gasteiger partial charge on any atom is 0.394 e. The molecule has 3 aliphatic carbocycles. The molecule has 0 unspecified atom stereocenters. The lowest BCUT2D eigenvalue weighted by atomic mass is 9.76. The normalized spacial score (nSPS) is 29.1. The Bertz CT molecular complexity index is 339. The second-order valence-electron chi connectivity index (χ2n) is 6.96. The predicted molar refractivity (Wildman–Crippen MR) is 65.7 cm³/mol. The molecule has 110 valence electrons. The minimum atomic E-state index is -4.08. The Balaban J connectivity index is 1.52. The molecule has 3 fully saturated rings. The second kappa shape index (κ2) is 4.35. The topological polar surface area (TPSA) is 32.3 Å². The first-order valence-corrected chi connectivity index (χ1v) is 7.32. The second-order valence-corrected chi connectivity index (χ2v) is 6.96. The SMILES string of the molecule is OCC[C@@H](CC1(C(F)(F)F)CC1)NC1CC2(CC2)C1. The fourth-order valence-electron chi connectivity index (χ4n) is 3.65. The molecule has 0 bridgehead atoms. The average Bonchev–Trinajstić information content (AvgIpc) is 3.08. The van der Waals surface area contributed by atoms with Gasteiger partial charge in [-0.2, -0.15) is 13.2 Å². The fraction of sp³-hybridized carbons (Fsp3) is 1.00. The molecule has 0 amide bonds. The molecular weight excluding hydrogens is 255 g/mol. The lowest BCUT2D eigenvalue weighted by molar-refractivity contribution is -0.191. The third-order valence-corrected chi connectivity index (χ3v) is 5.36. The number of nitrogens with one attached hydrogen (secondary N) is 1. The Morgan fingerprint density at radius 2 is 1.79 bits per heavy atom. The van der Waals surface area contributed by atoms with E-state index in [-0.39, 0.29) is 31.9 Å². The van der Waals surface area contributed by atoms with Crippen LogP contribution in [0.25, 0.3) is 0 Å². The van der Waals surface area contributed by atoms with Crippen LogP contribution in [0.15, 0.2) is 0 Å². The molecule has 1 atom stereocenters. The average molecular weight is 277 g/mol. The van der Waals surface area contributed by atoms with Crippen LogP contribution in [0.4, 0.5) is 13.2 Å². The van der Waals surface area contributed by atoms with Crippen molar-refractivity contribution in [1.82, 2.24) is 5.32 Å². The van der Waals surface area contributed by atoms with Crippen molar-refractivity contribution in [3.05, 3.63) is 0 Å². The van der Waals surface area contributed by atoms with Gasteiger partial charge in [-0.3, -0.25) is 0 Å². The Kier molecular flexibility index (Phi) is 3.13. The highest BCUT2D eigenvalue weighted by molar-refractivity contribution is 5.08. The molecule has 2 N–H and O–H groups in total. The lowest BCUT2D eigenvalue weighted by Gasteiger charge is -2.40. The molecule has 0 aromatic rings. The van der Waals surface area contributed by atoms with Crippen LogP contribution in [0.3, 0.4) is 0 Å². The van der Waals surface area contributed by atoms with E-state index in [1.807, 2.05) is 0 Å². The zero-order valence-electron chi connectivity index (χ0n) is 11.1. The van der Waals surface area contributed by atoms with Gasteiger partial charge >= 0.3 is 6.18 Å². The highest BCUT2D eigenvalue weighted by Crippen LogP contribution is 2.62. The van der Waals surface area contributed by atoms with Gasteiger partial charge in [-0.25, -0.2) is 0 Å². The molecule has 0 aliphatic heterocycles. The summed E-state index contributed by atoms with van der Waals surface area (Å²) in [6, 6.07) is 0.193. The summed E-state index contributed by atoms with van der Waals surface area (Å²) in [5.74, 6) is 0. The molecule has 0 radical (unpaired) electrons. The predicted octanol–water partition coefficient (Wildman–Crippen LogP) is 3.00. The van der Waals surface area contributed by atoms with Gasteiger partial charge in [0.05, 0.1) is 5.41 Å². The summed E-state index contributed by atoms with van der Waals surface area (Å²) in [6.45, 7) is -0.0382. The molecule has 0 saturated heterocycles. The number of aliphatic hydroxyl groups is 1. The Hall–Kier alpha value is -0.290. The van der Waals surface area contributed by atoms with Gasteiger partial charge < -0.3 is 10.4 Å². The maximum atomic E-state index is 13.0. The van der Waals surface area contributed by atoms with Gasteiger partial charge in [-0.1, -0.05) is 0 Å². The van der Waals surface area contributed by atoms with Crippen LogP contribution in [0.2, 0.25) is 0 Å². The molecule has 3 aliphatic rings. The zero-order chi connectivity index (χ0) is 13.7. The van der Waals surface area contributed by atoms with Crippen molar-refractivity contribution >= 4 is 0 Å². The molecule has 2 nitrogen and oxygen atoms in total. The first kappa shape index (κ1) is 13.7. The zero-order valence-corrected chi connectivity index (χ0v) is 11.1. The van der Waals surface area contributed by atoms with Crippen LogP contribution < -0.4 is 5.32 Å². The van der Waals surface area contributed by atoms with Gasteiger partial charge in [0, 0.05) is 18.7 Å². The van der Waals surface area contributed by atoms with Gasteiger partial charge in [0.25, 0.3) is 0 Å². The first-order valence-electron chi connectivity index (χ1n) is 7.32. The molecular formula is C14H22F3NO. The summed E-state index contributed by atoms with van der Waals surface area (Å²) >= 11 is 0. The van der Waals surface area contributed by atoms with Crippen LogP contribution in [0, 0.1) is 10.8 Å². The number of hydrogen-bond donors (Lipinski definition) is 2. The Labute approximate surface area is 111 Å². The van der Waals surface area contributed by atoms with E-state index < -0.39 is 11.6 Å². The number of halogens is 3. The van der Waals surface area contributed by atoms with E-state index in [9.17, 15) is 13.2 Å². The molecule has 1 spiro atoms. The molecule has 0 aromatic heterocycles.